The van der Waals surface area contributed by atoms with Gasteiger partial charge < -0.3 is 14.2 Å². The van der Waals surface area contributed by atoms with E-state index in [1.807, 2.05) is 0 Å². The van der Waals surface area contributed by atoms with Crippen molar-refractivity contribution in [2.45, 2.75) is 50.9 Å². The van der Waals surface area contributed by atoms with Crippen LogP contribution >= 0.6 is 11.6 Å². The number of halogens is 1. The lowest BCUT2D eigenvalue weighted by Gasteiger charge is -2.36. The Hall–Kier alpha value is -3.14. The van der Waals surface area contributed by atoms with Crippen LogP contribution in [0.4, 0.5) is 10.5 Å². The number of nitrogens with zero attached hydrogens (tertiary/aromatic N) is 2. The van der Waals surface area contributed by atoms with Crippen LogP contribution in [0.25, 0.3) is 0 Å². The summed E-state index contributed by atoms with van der Waals surface area (Å²) < 4.78 is 16.0. The van der Waals surface area contributed by atoms with Crippen molar-refractivity contribution in [1.29, 1.82) is 0 Å². The standard InChI is InChI=1S/C22H27ClN2O8/c1-14(12-23)10-22(19(27)31-5)11-17(13-24(22)20(28)33-21(2,3)4)32-18(26)15-6-8-16(9-7-15)25(29)30/h6-9,17H,1,10-13H2,2-5H3/t17-,22+/m0/s1. The monoisotopic (exact) mass is 482 g/mol. The smallest absolute Gasteiger partial charge is 0.411 e. The normalized spacial score (nSPS) is 20.2. The number of hydrogen-bond donors (Lipinski definition) is 0. The molecule has 0 spiro atoms. The number of methoxy groups -OCH3 is 1. The van der Waals surface area contributed by atoms with E-state index in [0.717, 1.165) is 0 Å². The Bertz CT molecular complexity index is 941. The highest BCUT2D eigenvalue weighted by Gasteiger charge is 2.56. The Morgan fingerprint density at radius 2 is 1.88 bits per heavy atom. The van der Waals surface area contributed by atoms with Gasteiger partial charge in [-0.1, -0.05) is 12.2 Å². The van der Waals surface area contributed by atoms with Gasteiger partial charge in [-0.05, 0) is 32.9 Å². The quantitative estimate of drug-likeness (QED) is 0.143. The number of likely N-dealkylation sites (tertiary alicyclic amines) is 1. The fraction of sp³-hybridized carbons (Fsp3) is 0.500. The molecule has 180 valence electrons. The number of esters is 2. The van der Waals surface area contributed by atoms with Gasteiger partial charge in [0.2, 0.25) is 0 Å². The maximum atomic E-state index is 13.0. The van der Waals surface area contributed by atoms with Crippen LogP contribution in [0, 0.1) is 10.1 Å². The van der Waals surface area contributed by atoms with Gasteiger partial charge in [0.1, 0.15) is 11.7 Å². The number of nitro groups is 1. The number of non-ortho nitro benzene ring substituents is 1. The zero-order chi connectivity index (χ0) is 25.0. The average molecular weight is 483 g/mol. The summed E-state index contributed by atoms with van der Waals surface area (Å²) in [4.78, 5) is 50.0. The molecule has 1 aromatic rings. The van der Waals surface area contributed by atoms with E-state index < -0.39 is 40.2 Å². The highest BCUT2D eigenvalue weighted by molar-refractivity contribution is 6.19. The van der Waals surface area contributed by atoms with Gasteiger partial charge in [-0.2, -0.15) is 0 Å². The van der Waals surface area contributed by atoms with Crippen molar-refractivity contribution >= 4 is 35.3 Å². The Balaban J connectivity index is 2.34. The number of nitro benzene ring substituents is 1. The minimum absolute atomic E-state index is 0.00595. The number of carbonyl (C=O) groups excluding carboxylic acids is 3. The zero-order valence-electron chi connectivity index (χ0n) is 19.0. The number of hydrogen-bond acceptors (Lipinski definition) is 8. The van der Waals surface area contributed by atoms with Gasteiger partial charge in [0, 0.05) is 30.9 Å². The van der Waals surface area contributed by atoms with Crippen molar-refractivity contribution in [3.05, 3.63) is 52.1 Å². The number of amides is 1. The minimum Gasteiger partial charge on any atom is -0.467 e. The van der Waals surface area contributed by atoms with Crippen LogP contribution in [0.1, 0.15) is 44.0 Å². The fourth-order valence-corrected chi connectivity index (χ4v) is 3.69. The second-order valence-electron chi connectivity index (χ2n) is 8.71. The molecule has 0 unspecified atom stereocenters. The zero-order valence-corrected chi connectivity index (χ0v) is 19.7. The molecule has 1 aliphatic rings. The Morgan fingerprint density at radius 3 is 2.36 bits per heavy atom. The molecule has 33 heavy (non-hydrogen) atoms. The third-order valence-electron chi connectivity index (χ3n) is 4.97. The predicted molar refractivity (Wildman–Crippen MR) is 119 cm³/mol. The summed E-state index contributed by atoms with van der Waals surface area (Å²) >= 11 is 5.89. The molecule has 11 heteroatoms. The van der Waals surface area contributed by atoms with Gasteiger partial charge in [-0.3, -0.25) is 15.0 Å². The van der Waals surface area contributed by atoms with Crippen LogP contribution in [0.3, 0.4) is 0 Å². The van der Waals surface area contributed by atoms with E-state index in [1.54, 1.807) is 20.8 Å². The first-order valence-electron chi connectivity index (χ1n) is 10.1. The molecule has 0 bridgehead atoms. The Labute approximate surface area is 196 Å². The summed E-state index contributed by atoms with van der Waals surface area (Å²) in [5.41, 5.74) is -1.96. The molecule has 1 heterocycles. The number of carbonyl (C=O) groups is 3. The summed E-state index contributed by atoms with van der Waals surface area (Å²) in [6, 6.07) is 4.90. The van der Waals surface area contributed by atoms with E-state index in [1.165, 1.54) is 36.3 Å². The van der Waals surface area contributed by atoms with Crippen LogP contribution in [0.5, 0.6) is 0 Å². The molecule has 2 atom stereocenters. The molecule has 0 aromatic heterocycles. The molecular weight excluding hydrogens is 456 g/mol. The molecule has 1 aromatic carbocycles. The summed E-state index contributed by atoms with van der Waals surface area (Å²) in [5, 5.41) is 10.8. The molecular formula is C22H27ClN2O8. The summed E-state index contributed by atoms with van der Waals surface area (Å²) in [6.07, 6.45) is -1.71. The number of alkyl halides is 1. The van der Waals surface area contributed by atoms with Gasteiger partial charge in [-0.15, -0.1) is 11.6 Å². The van der Waals surface area contributed by atoms with Gasteiger partial charge in [0.25, 0.3) is 5.69 Å². The maximum absolute atomic E-state index is 13.0. The topological polar surface area (TPSA) is 125 Å². The third-order valence-corrected chi connectivity index (χ3v) is 5.34. The van der Waals surface area contributed by atoms with E-state index in [2.05, 4.69) is 6.58 Å². The second kappa shape index (κ2) is 10.2. The third kappa shape index (κ3) is 6.22. The first kappa shape index (κ1) is 26.1. The molecule has 0 N–H and O–H groups in total. The van der Waals surface area contributed by atoms with Crippen molar-refractivity contribution in [2.75, 3.05) is 19.5 Å². The summed E-state index contributed by atoms with van der Waals surface area (Å²) in [5.74, 6) is -1.42. The van der Waals surface area contributed by atoms with E-state index >= 15 is 0 Å². The van der Waals surface area contributed by atoms with E-state index in [0.29, 0.717) is 5.57 Å². The average Bonchev–Trinajstić information content (AvgIpc) is 3.10. The first-order chi connectivity index (χ1) is 15.3. The molecule has 2 rings (SSSR count). The van der Waals surface area contributed by atoms with Gasteiger partial charge >= 0.3 is 18.0 Å². The Morgan fingerprint density at radius 1 is 1.27 bits per heavy atom. The molecule has 1 saturated heterocycles. The summed E-state index contributed by atoms with van der Waals surface area (Å²) in [7, 11) is 1.19. The predicted octanol–water partition coefficient (Wildman–Crippen LogP) is 3.86. The van der Waals surface area contributed by atoms with E-state index in [4.69, 9.17) is 25.8 Å². The van der Waals surface area contributed by atoms with Crippen LogP contribution < -0.4 is 0 Å². The number of benzene rings is 1. The first-order valence-corrected chi connectivity index (χ1v) is 10.6. The van der Waals surface area contributed by atoms with Gasteiger partial charge in [-0.25, -0.2) is 14.4 Å². The molecule has 1 aliphatic heterocycles. The highest BCUT2D eigenvalue weighted by atomic mass is 35.5. The van der Waals surface area contributed by atoms with Crippen LogP contribution in [-0.2, 0) is 19.0 Å². The molecule has 0 radical (unpaired) electrons. The van der Waals surface area contributed by atoms with Gasteiger partial charge in [0.15, 0.2) is 5.54 Å². The lowest BCUT2D eigenvalue weighted by Crippen LogP contribution is -2.55. The number of rotatable bonds is 7. The second-order valence-corrected chi connectivity index (χ2v) is 8.98. The lowest BCUT2D eigenvalue weighted by atomic mass is 9.88. The highest BCUT2D eigenvalue weighted by Crippen LogP contribution is 2.39. The van der Waals surface area contributed by atoms with Crippen molar-refractivity contribution < 1.29 is 33.5 Å². The van der Waals surface area contributed by atoms with Crippen LogP contribution in [0.15, 0.2) is 36.4 Å². The van der Waals surface area contributed by atoms with E-state index in [9.17, 15) is 24.5 Å². The van der Waals surface area contributed by atoms with Crippen molar-refractivity contribution in [2.24, 2.45) is 0 Å². The van der Waals surface area contributed by atoms with Crippen LogP contribution in [0.2, 0.25) is 0 Å². The van der Waals surface area contributed by atoms with Gasteiger partial charge in [0.05, 0.1) is 24.1 Å². The molecule has 1 fully saturated rings. The van der Waals surface area contributed by atoms with Crippen molar-refractivity contribution in [3.8, 4) is 0 Å². The van der Waals surface area contributed by atoms with Crippen molar-refractivity contribution in [1.82, 2.24) is 4.90 Å². The maximum Gasteiger partial charge on any atom is 0.411 e. The summed E-state index contributed by atoms with van der Waals surface area (Å²) in [6.45, 7) is 8.77. The molecule has 0 saturated carbocycles. The lowest BCUT2D eigenvalue weighted by molar-refractivity contribution is -0.384. The molecule has 10 nitrogen and oxygen atoms in total. The van der Waals surface area contributed by atoms with Crippen LogP contribution in [-0.4, -0.2) is 64.6 Å². The SMILES string of the molecule is C=C(CCl)C[C@]1(C(=O)OC)C[C@H](OC(=O)c2ccc([N+](=O)[O-])cc2)CN1C(=O)OC(C)(C)C. The molecule has 0 aliphatic carbocycles. The minimum atomic E-state index is -1.52. The fourth-order valence-electron chi connectivity index (χ4n) is 3.60. The largest absolute Gasteiger partial charge is 0.467 e. The van der Waals surface area contributed by atoms with Crippen molar-refractivity contribution in [3.63, 3.8) is 0 Å². The number of ether oxygens (including phenoxy) is 3. The molecule has 1 amide bonds. The van der Waals surface area contributed by atoms with E-state index in [-0.39, 0.29) is 36.5 Å². The Kier molecular flexibility index (Phi) is 8.07.